The molecule has 1 heterocycles. The van der Waals surface area contributed by atoms with Crippen molar-refractivity contribution in [3.8, 4) is 11.5 Å². The van der Waals surface area contributed by atoms with Gasteiger partial charge in [0.2, 0.25) is 0 Å². The Hall–Kier alpha value is -2.02. The molecule has 22 heavy (non-hydrogen) atoms. The van der Waals surface area contributed by atoms with Crippen LogP contribution in [0.5, 0.6) is 11.5 Å². The Balaban J connectivity index is 2.15. The van der Waals surface area contributed by atoms with Crippen LogP contribution in [-0.4, -0.2) is 24.8 Å². The number of nitrogens with zero attached hydrogens (tertiary/aromatic N) is 1. The molecule has 118 valence electrons. The van der Waals surface area contributed by atoms with Gasteiger partial charge in [0.25, 0.3) is 0 Å². The minimum atomic E-state index is -0.482. The van der Waals surface area contributed by atoms with Crippen LogP contribution in [0, 0.1) is 6.92 Å². The quantitative estimate of drug-likeness (QED) is 0.725. The average molecular weight is 370 g/mol. The molecule has 0 aliphatic carbocycles. The Morgan fingerprint density at radius 3 is 2.73 bits per heavy atom. The molecule has 0 fully saturated rings. The highest BCUT2D eigenvalue weighted by atomic mass is 79.9. The molecule has 0 radical (unpaired) electrons. The van der Waals surface area contributed by atoms with E-state index in [0.29, 0.717) is 39.6 Å². The van der Waals surface area contributed by atoms with Crippen molar-refractivity contribution in [3.05, 3.63) is 39.7 Å². The van der Waals surface area contributed by atoms with Crippen LogP contribution >= 0.6 is 15.9 Å². The van der Waals surface area contributed by atoms with Gasteiger partial charge in [0.15, 0.2) is 11.5 Å². The van der Waals surface area contributed by atoms with E-state index < -0.39 is 5.97 Å². The van der Waals surface area contributed by atoms with E-state index in [1.54, 1.807) is 25.1 Å². The summed E-state index contributed by atoms with van der Waals surface area (Å²) >= 11 is 3.36. The van der Waals surface area contributed by atoms with E-state index >= 15 is 0 Å². The molecule has 0 bridgehead atoms. The van der Waals surface area contributed by atoms with E-state index in [1.807, 2.05) is 6.92 Å². The van der Waals surface area contributed by atoms with Gasteiger partial charge < -0.3 is 18.7 Å². The number of rotatable bonds is 6. The molecule has 2 rings (SSSR count). The molecule has 0 aliphatic rings. The van der Waals surface area contributed by atoms with Crippen LogP contribution in [0.2, 0.25) is 0 Å². The number of ether oxygens (including phenoxy) is 3. The highest BCUT2D eigenvalue weighted by Crippen LogP contribution is 2.36. The Morgan fingerprint density at radius 1 is 1.36 bits per heavy atom. The number of hydrogen-bond acceptors (Lipinski definition) is 6. The van der Waals surface area contributed by atoms with E-state index in [1.165, 1.54) is 7.11 Å². The van der Waals surface area contributed by atoms with Gasteiger partial charge in [0, 0.05) is 6.07 Å². The molecular formula is C15H16BrNO5. The van der Waals surface area contributed by atoms with Crippen LogP contribution in [0.3, 0.4) is 0 Å². The molecule has 0 aliphatic heterocycles. The van der Waals surface area contributed by atoms with Gasteiger partial charge in [-0.3, -0.25) is 0 Å². The van der Waals surface area contributed by atoms with Crippen LogP contribution in [0.15, 0.2) is 27.2 Å². The zero-order chi connectivity index (χ0) is 16.1. The number of carbonyl (C=O) groups is 1. The Bertz CT molecular complexity index is 668. The Kier molecular flexibility index (Phi) is 5.43. The third-order valence-electron chi connectivity index (χ3n) is 2.78. The smallest absolute Gasteiger partial charge is 0.338 e. The largest absolute Gasteiger partial charge is 0.492 e. The fourth-order valence-corrected chi connectivity index (χ4v) is 2.46. The third-order valence-corrected chi connectivity index (χ3v) is 3.37. The number of benzene rings is 1. The number of aromatic nitrogens is 1. The molecule has 1 aromatic heterocycles. The van der Waals surface area contributed by atoms with E-state index in [2.05, 4.69) is 21.1 Å². The standard InChI is InChI=1S/C15H16BrNO5/c1-4-20-13-7-10(6-12(16)14(13)19-3)15(18)21-8-11-5-9(2)22-17-11/h5-7H,4,8H2,1-3H3. The lowest BCUT2D eigenvalue weighted by atomic mass is 10.2. The van der Waals surface area contributed by atoms with Gasteiger partial charge in [-0.05, 0) is 41.9 Å². The van der Waals surface area contributed by atoms with Gasteiger partial charge in [0.1, 0.15) is 18.1 Å². The van der Waals surface area contributed by atoms with Gasteiger partial charge in [-0.25, -0.2) is 4.79 Å². The first-order chi connectivity index (χ1) is 10.5. The van der Waals surface area contributed by atoms with Gasteiger partial charge >= 0.3 is 5.97 Å². The van der Waals surface area contributed by atoms with Crippen molar-refractivity contribution in [2.45, 2.75) is 20.5 Å². The topological polar surface area (TPSA) is 70.8 Å². The van der Waals surface area contributed by atoms with Crippen LogP contribution < -0.4 is 9.47 Å². The van der Waals surface area contributed by atoms with Crippen LogP contribution in [-0.2, 0) is 11.3 Å². The lowest BCUT2D eigenvalue weighted by molar-refractivity contribution is 0.0463. The second-order valence-electron chi connectivity index (χ2n) is 4.43. The third kappa shape index (κ3) is 3.79. The predicted molar refractivity (Wildman–Crippen MR) is 82.2 cm³/mol. The first kappa shape index (κ1) is 16.4. The summed E-state index contributed by atoms with van der Waals surface area (Å²) in [6.07, 6.45) is 0. The molecule has 0 amide bonds. The molecule has 0 spiro atoms. The maximum absolute atomic E-state index is 12.1. The number of hydrogen-bond donors (Lipinski definition) is 0. The maximum Gasteiger partial charge on any atom is 0.338 e. The second kappa shape index (κ2) is 7.31. The van der Waals surface area contributed by atoms with Crippen LogP contribution in [0.25, 0.3) is 0 Å². The number of carbonyl (C=O) groups excluding carboxylic acids is 1. The molecular weight excluding hydrogens is 354 g/mol. The lowest BCUT2D eigenvalue weighted by Crippen LogP contribution is -2.07. The first-order valence-corrected chi connectivity index (χ1v) is 7.44. The minimum absolute atomic E-state index is 0.0454. The molecule has 7 heteroatoms. The SMILES string of the molecule is CCOc1cc(C(=O)OCc2cc(C)on2)cc(Br)c1OC. The van der Waals surface area contributed by atoms with E-state index in [-0.39, 0.29) is 6.61 Å². The van der Waals surface area contributed by atoms with Crippen molar-refractivity contribution in [3.63, 3.8) is 0 Å². The molecule has 0 N–H and O–H groups in total. The highest BCUT2D eigenvalue weighted by molar-refractivity contribution is 9.10. The van der Waals surface area contributed by atoms with E-state index in [0.717, 1.165) is 0 Å². The molecule has 0 saturated carbocycles. The first-order valence-electron chi connectivity index (χ1n) is 6.64. The molecule has 0 atom stereocenters. The van der Waals surface area contributed by atoms with E-state index in [4.69, 9.17) is 18.7 Å². The monoisotopic (exact) mass is 369 g/mol. The fourth-order valence-electron chi connectivity index (χ4n) is 1.86. The van der Waals surface area contributed by atoms with Crippen LogP contribution in [0.1, 0.15) is 28.7 Å². The Morgan fingerprint density at radius 2 is 2.14 bits per heavy atom. The zero-order valence-electron chi connectivity index (χ0n) is 12.5. The predicted octanol–water partition coefficient (Wildman–Crippen LogP) is 3.51. The second-order valence-corrected chi connectivity index (χ2v) is 5.28. The zero-order valence-corrected chi connectivity index (χ0v) is 14.1. The fraction of sp³-hybridized carbons (Fsp3) is 0.333. The number of methoxy groups -OCH3 is 1. The molecule has 0 saturated heterocycles. The normalized spacial score (nSPS) is 10.4. The molecule has 1 aromatic carbocycles. The summed E-state index contributed by atoms with van der Waals surface area (Å²) in [6.45, 7) is 4.13. The lowest BCUT2D eigenvalue weighted by Gasteiger charge is -2.12. The average Bonchev–Trinajstić information content (AvgIpc) is 2.90. The van der Waals surface area contributed by atoms with Crippen LogP contribution in [0.4, 0.5) is 0 Å². The minimum Gasteiger partial charge on any atom is -0.492 e. The summed E-state index contributed by atoms with van der Waals surface area (Å²) in [5.41, 5.74) is 0.916. The number of halogens is 1. The summed E-state index contributed by atoms with van der Waals surface area (Å²) < 4.78 is 21.5. The summed E-state index contributed by atoms with van der Waals surface area (Å²) in [7, 11) is 1.54. The van der Waals surface area contributed by atoms with Gasteiger partial charge in [0.05, 0.1) is 23.8 Å². The summed E-state index contributed by atoms with van der Waals surface area (Å²) in [5.74, 6) is 1.19. The molecule has 2 aromatic rings. The van der Waals surface area contributed by atoms with Crippen molar-refractivity contribution in [2.24, 2.45) is 0 Å². The molecule has 0 unspecified atom stereocenters. The summed E-state index contributed by atoms with van der Waals surface area (Å²) in [5, 5.41) is 3.77. The van der Waals surface area contributed by atoms with Gasteiger partial charge in [-0.1, -0.05) is 5.16 Å². The van der Waals surface area contributed by atoms with Crippen molar-refractivity contribution in [1.82, 2.24) is 5.16 Å². The van der Waals surface area contributed by atoms with Gasteiger partial charge in [-0.2, -0.15) is 0 Å². The summed E-state index contributed by atoms with van der Waals surface area (Å²) in [4.78, 5) is 12.1. The highest BCUT2D eigenvalue weighted by Gasteiger charge is 2.16. The van der Waals surface area contributed by atoms with Crippen molar-refractivity contribution < 1.29 is 23.5 Å². The summed E-state index contributed by atoms with van der Waals surface area (Å²) in [6, 6.07) is 4.92. The van der Waals surface area contributed by atoms with Crippen molar-refractivity contribution in [1.29, 1.82) is 0 Å². The molecule has 6 nitrogen and oxygen atoms in total. The Labute approximate surface area is 136 Å². The van der Waals surface area contributed by atoms with E-state index in [9.17, 15) is 4.79 Å². The van der Waals surface area contributed by atoms with Gasteiger partial charge in [-0.15, -0.1) is 0 Å². The van der Waals surface area contributed by atoms with Crippen molar-refractivity contribution >= 4 is 21.9 Å². The van der Waals surface area contributed by atoms with Crippen molar-refractivity contribution in [2.75, 3.05) is 13.7 Å². The number of esters is 1. The number of aryl methyl sites for hydroxylation is 1. The maximum atomic E-state index is 12.1.